The maximum absolute atomic E-state index is 12.6. The van der Waals surface area contributed by atoms with Crippen LogP contribution in [-0.2, 0) is 0 Å². The van der Waals surface area contributed by atoms with Crippen molar-refractivity contribution >= 4 is 11.6 Å². The van der Waals surface area contributed by atoms with E-state index in [1.165, 1.54) is 0 Å². The van der Waals surface area contributed by atoms with E-state index in [9.17, 15) is 4.79 Å². The topological polar surface area (TPSA) is 44.1 Å². The third kappa shape index (κ3) is 1.86. The summed E-state index contributed by atoms with van der Waals surface area (Å²) in [6, 6.07) is 17.4. The number of benzene rings is 2. The molecule has 0 aliphatic carbocycles. The zero-order valence-electron chi connectivity index (χ0n) is 11.2. The van der Waals surface area contributed by atoms with Crippen LogP contribution in [0.5, 0.6) is 0 Å². The van der Waals surface area contributed by atoms with Crippen molar-refractivity contribution in [1.29, 1.82) is 5.26 Å². The molecule has 0 aromatic heterocycles. The van der Waals surface area contributed by atoms with Gasteiger partial charge in [0.25, 0.3) is 5.91 Å². The maximum atomic E-state index is 12.6. The van der Waals surface area contributed by atoms with E-state index in [1.807, 2.05) is 55.5 Å². The Balaban J connectivity index is 2.09. The molecule has 1 atom stereocenters. The van der Waals surface area contributed by atoms with Crippen molar-refractivity contribution in [2.45, 2.75) is 19.4 Å². The number of nitrogens with zero attached hydrogens (tertiary/aromatic N) is 2. The fraction of sp³-hybridized carbons (Fsp3) is 0.176. The lowest BCUT2D eigenvalue weighted by Gasteiger charge is -2.23. The third-order valence-corrected chi connectivity index (χ3v) is 3.68. The molecule has 3 rings (SSSR count). The molecule has 0 fully saturated rings. The van der Waals surface area contributed by atoms with Crippen molar-refractivity contribution in [2.24, 2.45) is 0 Å². The molecule has 2 aromatic rings. The molecule has 3 heteroatoms. The molecule has 0 saturated carbocycles. The Labute approximate surface area is 118 Å². The van der Waals surface area contributed by atoms with Gasteiger partial charge in [0.05, 0.1) is 18.5 Å². The number of rotatable bonds is 2. The van der Waals surface area contributed by atoms with Crippen LogP contribution in [-0.4, -0.2) is 5.91 Å². The number of fused-ring (bicyclic) bond motifs is 1. The van der Waals surface area contributed by atoms with Gasteiger partial charge in [0.2, 0.25) is 0 Å². The highest BCUT2D eigenvalue weighted by Gasteiger charge is 2.37. The number of carbonyl (C=O) groups is 1. The average Bonchev–Trinajstić information content (AvgIpc) is 2.74. The minimum atomic E-state index is -0.189. The number of hydrogen-bond acceptors (Lipinski definition) is 2. The molecule has 0 bridgehead atoms. The van der Waals surface area contributed by atoms with Crippen LogP contribution in [0.25, 0.3) is 0 Å². The second-order valence-corrected chi connectivity index (χ2v) is 4.98. The van der Waals surface area contributed by atoms with Crippen molar-refractivity contribution in [1.82, 2.24) is 0 Å². The predicted molar refractivity (Wildman–Crippen MR) is 77.4 cm³/mol. The van der Waals surface area contributed by atoms with Crippen LogP contribution < -0.4 is 4.90 Å². The Morgan fingerprint density at radius 2 is 1.85 bits per heavy atom. The molecule has 1 amide bonds. The van der Waals surface area contributed by atoms with Gasteiger partial charge in [-0.15, -0.1) is 0 Å². The second kappa shape index (κ2) is 4.82. The van der Waals surface area contributed by atoms with Crippen LogP contribution in [0.15, 0.2) is 48.5 Å². The molecule has 0 saturated heterocycles. The zero-order valence-corrected chi connectivity index (χ0v) is 11.2. The quantitative estimate of drug-likeness (QED) is 0.829. The molecule has 0 N–H and O–H groups in total. The molecule has 1 aliphatic rings. The standard InChI is InChI=1S/C17H14N2O/c1-12-6-8-13(9-7-12)19-16(10-11-18)14-4-2-3-5-15(14)17(19)20/h2-9,16H,10H2,1H3. The van der Waals surface area contributed by atoms with E-state index >= 15 is 0 Å². The monoisotopic (exact) mass is 262 g/mol. The van der Waals surface area contributed by atoms with Crippen LogP contribution >= 0.6 is 0 Å². The van der Waals surface area contributed by atoms with Crippen molar-refractivity contribution in [3.8, 4) is 6.07 Å². The lowest BCUT2D eigenvalue weighted by atomic mass is 10.0. The number of anilines is 1. The average molecular weight is 262 g/mol. The van der Waals surface area contributed by atoms with E-state index in [4.69, 9.17) is 5.26 Å². The number of amides is 1. The lowest BCUT2D eigenvalue weighted by Crippen LogP contribution is -2.27. The Morgan fingerprint density at radius 1 is 1.15 bits per heavy atom. The zero-order chi connectivity index (χ0) is 14.1. The molecule has 2 aromatic carbocycles. The van der Waals surface area contributed by atoms with Gasteiger partial charge in [-0.05, 0) is 30.7 Å². The van der Waals surface area contributed by atoms with Gasteiger partial charge >= 0.3 is 0 Å². The second-order valence-electron chi connectivity index (χ2n) is 4.98. The van der Waals surface area contributed by atoms with Crippen molar-refractivity contribution in [3.63, 3.8) is 0 Å². The van der Waals surface area contributed by atoms with Crippen molar-refractivity contribution < 1.29 is 4.79 Å². The number of hydrogen-bond donors (Lipinski definition) is 0. The molecular weight excluding hydrogens is 248 g/mol. The van der Waals surface area contributed by atoms with Gasteiger partial charge in [-0.25, -0.2) is 0 Å². The molecule has 0 spiro atoms. The summed E-state index contributed by atoms with van der Waals surface area (Å²) in [7, 11) is 0. The molecule has 98 valence electrons. The molecular formula is C17H14N2O. The van der Waals surface area contributed by atoms with Gasteiger partial charge < -0.3 is 0 Å². The van der Waals surface area contributed by atoms with Crippen molar-refractivity contribution in [2.75, 3.05) is 4.90 Å². The van der Waals surface area contributed by atoms with E-state index in [0.717, 1.165) is 16.8 Å². The van der Waals surface area contributed by atoms with E-state index in [1.54, 1.807) is 4.90 Å². The first-order valence-electron chi connectivity index (χ1n) is 6.58. The van der Waals surface area contributed by atoms with E-state index < -0.39 is 0 Å². The molecule has 1 aliphatic heterocycles. The number of aryl methyl sites for hydroxylation is 1. The first-order chi connectivity index (χ1) is 9.72. The summed E-state index contributed by atoms with van der Waals surface area (Å²) in [6.45, 7) is 2.01. The fourth-order valence-electron chi connectivity index (χ4n) is 2.68. The maximum Gasteiger partial charge on any atom is 0.259 e. The van der Waals surface area contributed by atoms with Gasteiger partial charge in [-0.1, -0.05) is 35.9 Å². The summed E-state index contributed by atoms with van der Waals surface area (Å²) in [5.74, 6) is -0.0234. The van der Waals surface area contributed by atoms with Crippen LogP contribution in [0.4, 0.5) is 5.69 Å². The highest BCUT2D eigenvalue weighted by Crippen LogP contribution is 2.39. The number of carbonyl (C=O) groups excluding carboxylic acids is 1. The smallest absolute Gasteiger partial charge is 0.259 e. The predicted octanol–water partition coefficient (Wildman–Crippen LogP) is 3.61. The lowest BCUT2D eigenvalue weighted by molar-refractivity contribution is 0.0991. The van der Waals surface area contributed by atoms with E-state index in [2.05, 4.69) is 6.07 Å². The normalized spacial score (nSPS) is 16.9. The molecule has 1 unspecified atom stereocenters. The summed E-state index contributed by atoms with van der Waals surface area (Å²) < 4.78 is 0. The van der Waals surface area contributed by atoms with Crippen LogP contribution in [0.2, 0.25) is 0 Å². The van der Waals surface area contributed by atoms with E-state index in [-0.39, 0.29) is 11.9 Å². The first kappa shape index (κ1) is 12.4. The third-order valence-electron chi connectivity index (χ3n) is 3.68. The van der Waals surface area contributed by atoms with Crippen LogP contribution in [0, 0.1) is 18.3 Å². The molecule has 20 heavy (non-hydrogen) atoms. The van der Waals surface area contributed by atoms with Gasteiger partial charge in [0.1, 0.15) is 0 Å². The minimum absolute atomic E-state index is 0.0234. The van der Waals surface area contributed by atoms with Crippen LogP contribution in [0.3, 0.4) is 0 Å². The molecule has 1 heterocycles. The van der Waals surface area contributed by atoms with Gasteiger partial charge in [0.15, 0.2) is 0 Å². The van der Waals surface area contributed by atoms with Gasteiger partial charge in [0, 0.05) is 11.3 Å². The number of nitriles is 1. The molecule has 0 radical (unpaired) electrons. The van der Waals surface area contributed by atoms with Gasteiger partial charge in [-0.2, -0.15) is 5.26 Å². The minimum Gasteiger partial charge on any atom is -0.300 e. The Kier molecular flexibility index (Phi) is 3.00. The summed E-state index contributed by atoms with van der Waals surface area (Å²) >= 11 is 0. The Hall–Kier alpha value is -2.60. The van der Waals surface area contributed by atoms with Gasteiger partial charge in [-0.3, -0.25) is 9.69 Å². The highest BCUT2D eigenvalue weighted by molar-refractivity contribution is 6.11. The van der Waals surface area contributed by atoms with E-state index in [0.29, 0.717) is 12.0 Å². The van der Waals surface area contributed by atoms with Crippen molar-refractivity contribution in [3.05, 3.63) is 65.2 Å². The summed E-state index contributed by atoms with van der Waals surface area (Å²) in [5, 5.41) is 9.06. The highest BCUT2D eigenvalue weighted by atomic mass is 16.2. The first-order valence-corrected chi connectivity index (χ1v) is 6.58. The summed E-state index contributed by atoms with van der Waals surface area (Å²) in [6.07, 6.45) is 0.302. The molecule has 3 nitrogen and oxygen atoms in total. The fourth-order valence-corrected chi connectivity index (χ4v) is 2.68. The largest absolute Gasteiger partial charge is 0.300 e. The van der Waals surface area contributed by atoms with Crippen LogP contribution in [0.1, 0.15) is 33.9 Å². The SMILES string of the molecule is Cc1ccc(N2C(=O)c3ccccc3C2CC#N)cc1. The summed E-state index contributed by atoms with van der Waals surface area (Å²) in [4.78, 5) is 14.3. The Morgan fingerprint density at radius 3 is 2.55 bits per heavy atom. The Bertz CT molecular complexity index is 698. The summed E-state index contributed by atoms with van der Waals surface area (Å²) in [5.41, 5.74) is 3.64.